The molecule has 104 valence electrons. The van der Waals surface area contributed by atoms with Crippen LogP contribution in [0.2, 0.25) is 0 Å². The Morgan fingerprint density at radius 2 is 1.95 bits per heavy atom. The summed E-state index contributed by atoms with van der Waals surface area (Å²) in [7, 11) is 0. The summed E-state index contributed by atoms with van der Waals surface area (Å²) in [5, 5.41) is 8.68. The summed E-state index contributed by atoms with van der Waals surface area (Å²) < 4.78 is 0. The molecule has 1 aromatic heterocycles. The molecule has 0 saturated carbocycles. The number of hydrogen-bond donors (Lipinski definition) is 2. The number of amidine groups is 1. The van der Waals surface area contributed by atoms with Gasteiger partial charge < -0.3 is 5.73 Å². The molecule has 0 aliphatic heterocycles. The molecule has 0 saturated heterocycles. The number of nitrogens with zero attached hydrogens (tertiary/aromatic N) is 1. The van der Waals surface area contributed by atoms with Crippen molar-refractivity contribution < 1.29 is 0 Å². The van der Waals surface area contributed by atoms with Crippen LogP contribution in [0.5, 0.6) is 0 Å². The van der Waals surface area contributed by atoms with Crippen LogP contribution in [-0.4, -0.2) is 10.8 Å². The largest absolute Gasteiger partial charge is 0.388 e. The van der Waals surface area contributed by atoms with Crippen LogP contribution in [0, 0.1) is 19.3 Å². The Bertz CT molecular complexity index is 576. The predicted octanol–water partition coefficient (Wildman–Crippen LogP) is 3.86. The lowest BCUT2D eigenvalue weighted by atomic mass is 10.1. The number of benzene rings is 1. The zero-order valence-corrected chi connectivity index (χ0v) is 12.6. The molecule has 0 radical (unpaired) electrons. The van der Waals surface area contributed by atoms with Gasteiger partial charge in [0.25, 0.3) is 0 Å². The molecule has 20 heavy (non-hydrogen) atoms. The van der Waals surface area contributed by atoms with Crippen molar-refractivity contribution in [2.24, 2.45) is 5.73 Å². The van der Waals surface area contributed by atoms with E-state index in [4.69, 9.17) is 11.1 Å². The van der Waals surface area contributed by atoms with Gasteiger partial charge >= 0.3 is 0 Å². The molecular formula is C16H19N3S. The molecule has 0 spiro atoms. The van der Waals surface area contributed by atoms with Gasteiger partial charge in [0.1, 0.15) is 0 Å². The molecule has 2 aromatic rings. The van der Waals surface area contributed by atoms with E-state index in [1.165, 1.54) is 11.1 Å². The SMILES string of the molecule is Cc1cc(C)nc(SC(CC(=N)N)c2ccccc2)c1. The third kappa shape index (κ3) is 4.10. The number of aryl methyl sites for hydroxylation is 2. The third-order valence-electron chi connectivity index (χ3n) is 2.91. The van der Waals surface area contributed by atoms with Crippen molar-refractivity contribution in [1.82, 2.24) is 4.98 Å². The van der Waals surface area contributed by atoms with E-state index in [1.54, 1.807) is 11.8 Å². The fourth-order valence-corrected chi connectivity index (χ4v) is 3.40. The Morgan fingerprint density at radius 1 is 1.25 bits per heavy atom. The van der Waals surface area contributed by atoms with Gasteiger partial charge in [-0.25, -0.2) is 4.98 Å². The predicted molar refractivity (Wildman–Crippen MR) is 85.3 cm³/mol. The average Bonchev–Trinajstić information content (AvgIpc) is 2.37. The first-order valence-electron chi connectivity index (χ1n) is 6.54. The van der Waals surface area contributed by atoms with Crippen molar-refractivity contribution in [3.63, 3.8) is 0 Å². The number of nitrogens with one attached hydrogen (secondary N) is 1. The topological polar surface area (TPSA) is 62.8 Å². The summed E-state index contributed by atoms with van der Waals surface area (Å²) in [5.41, 5.74) is 8.99. The highest BCUT2D eigenvalue weighted by Crippen LogP contribution is 2.37. The van der Waals surface area contributed by atoms with Crippen LogP contribution in [-0.2, 0) is 0 Å². The van der Waals surface area contributed by atoms with Crippen LogP contribution >= 0.6 is 11.8 Å². The van der Waals surface area contributed by atoms with Gasteiger partial charge in [-0.05, 0) is 37.1 Å². The Kier molecular flexibility index (Phi) is 4.79. The van der Waals surface area contributed by atoms with Gasteiger partial charge in [0.2, 0.25) is 0 Å². The van der Waals surface area contributed by atoms with Crippen LogP contribution in [0.3, 0.4) is 0 Å². The number of nitrogens with two attached hydrogens (primary N) is 1. The Hall–Kier alpha value is -1.81. The highest BCUT2D eigenvalue weighted by molar-refractivity contribution is 7.99. The van der Waals surface area contributed by atoms with Crippen LogP contribution in [0.25, 0.3) is 0 Å². The molecule has 1 heterocycles. The molecule has 0 bridgehead atoms. The summed E-state index contributed by atoms with van der Waals surface area (Å²) in [6.45, 7) is 4.07. The van der Waals surface area contributed by atoms with Crippen LogP contribution in [0.1, 0.15) is 28.5 Å². The van der Waals surface area contributed by atoms with Gasteiger partial charge in [0.05, 0.1) is 10.9 Å². The Labute approximate surface area is 124 Å². The molecule has 1 atom stereocenters. The van der Waals surface area contributed by atoms with Gasteiger partial charge in [-0.1, -0.05) is 42.1 Å². The van der Waals surface area contributed by atoms with Crippen molar-refractivity contribution in [2.75, 3.05) is 0 Å². The van der Waals surface area contributed by atoms with E-state index < -0.39 is 0 Å². The van der Waals surface area contributed by atoms with Crippen LogP contribution in [0.15, 0.2) is 47.5 Å². The minimum absolute atomic E-state index is 0.127. The maximum atomic E-state index is 7.57. The molecule has 0 amide bonds. The lowest BCUT2D eigenvalue weighted by Gasteiger charge is -2.16. The van der Waals surface area contributed by atoms with Gasteiger partial charge in [-0.15, -0.1) is 0 Å². The van der Waals surface area contributed by atoms with E-state index in [0.717, 1.165) is 10.7 Å². The number of aromatic nitrogens is 1. The summed E-state index contributed by atoms with van der Waals surface area (Å²) >= 11 is 1.67. The van der Waals surface area contributed by atoms with Crippen molar-refractivity contribution >= 4 is 17.6 Å². The van der Waals surface area contributed by atoms with Crippen LogP contribution < -0.4 is 5.73 Å². The van der Waals surface area contributed by atoms with Crippen molar-refractivity contribution in [2.45, 2.75) is 30.5 Å². The molecule has 1 unspecified atom stereocenters. The highest BCUT2D eigenvalue weighted by Gasteiger charge is 2.15. The molecule has 3 nitrogen and oxygen atoms in total. The fraction of sp³-hybridized carbons (Fsp3) is 0.250. The Balaban J connectivity index is 2.26. The first-order valence-corrected chi connectivity index (χ1v) is 7.42. The van der Waals surface area contributed by atoms with E-state index >= 15 is 0 Å². The first-order chi connectivity index (χ1) is 9.54. The zero-order chi connectivity index (χ0) is 14.5. The van der Waals surface area contributed by atoms with E-state index in [-0.39, 0.29) is 11.1 Å². The van der Waals surface area contributed by atoms with Crippen molar-refractivity contribution in [3.05, 3.63) is 59.3 Å². The third-order valence-corrected chi connectivity index (χ3v) is 4.09. The summed E-state index contributed by atoms with van der Waals surface area (Å²) in [5.74, 6) is 0.204. The molecule has 0 aliphatic carbocycles. The second-order valence-electron chi connectivity index (χ2n) is 4.87. The van der Waals surface area contributed by atoms with Crippen molar-refractivity contribution in [1.29, 1.82) is 5.41 Å². The van der Waals surface area contributed by atoms with Crippen LogP contribution in [0.4, 0.5) is 0 Å². The standard InChI is InChI=1S/C16H19N3S/c1-11-8-12(2)19-16(9-11)20-14(10-15(17)18)13-6-4-3-5-7-13/h3-9,14H,10H2,1-2H3,(H3,17,18). The van der Waals surface area contributed by atoms with Gasteiger partial charge in [0, 0.05) is 17.4 Å². The quantitative estimate of drug-likeness (QED) is 0.498. The summed E-state index contributed by atoms with van der Waals surface area (Å²) in [4.78, 5) is 4.56. The highest BCUT2D eigenvalue weighted by atomic mass is 32.2. The maximum absolute atomic E-state index is 7.57. The van der Waals surface area contributed by atoms with Crippen molar-refractivity contribution in [3.8, 4) is 0 Å². The van der Waals surface area contributed by atoms with Gasteiger partial charge in [-0.2, -0.15) is 0 Å². The van der Waals surface area contributed by atoms with Gasteiger partial charge in [0.15, 0.2) is 0 Å². The molecule has 2 rings (SSSR count). The lowest BCUT2D eigenvalue weighted by Crippen LogP contribution is -2.13. The number of thioether (sulfide) groups is 1. The Morgan fingerprint density at radius 3 is 2.55 bits per heavy atom. The molecular weight excluding hydrogens is 266 g/mol. The second-order valence-corrected chi connectivity index (χ2v) is 6.09. The van der Waals surface area contributed by atoms with E-state index in [2.05, 4.69) is 36.2 Å². The molecule has 3 N–H and O–H groups in total. The molecule has 4 heteroatoms. The van der Waals surface area contributed by atoms with E-state index in [9.17, 15) is 0 Å². The molecule has 0 aliphatic rings. The summed E-state index contributed by atoms with van der Waals surface area (Å²) in [6, 6.07) is 14.3. The fourth-order valence-electron chi connectivity index (χ4n) is 2.11. The maximum Gasteiger partial charge on any atom is 0.0971 e. The molecule has 0 fully saturated rings. The zero-order valence-electron chi connectivity index (χ0n) is 11.8. The molecule has 1 aromatic carbocycles. The van der Waals surface area contributed by atoms with Gasteiger partial charge in [-0.3, -0.25) is 5.41 Å². The van der Waals surface area contributed by atoms with E-state index in [0.29, 0.717) is 6.42 Å². The average molecular weight is 285 g/mol. The minimum Gasteiger partial charge on any atom is -0.388 e. The lowest BCUT2D eigenvalue weighted by molar-refractivity contribution is 0.967. The first kappa shape index (κ1) is 14.6. The number of pyridine rings is 1. The minimum atomic E-state index is 0.127. The normalized spacial score (nSPS) is 12.1. The number of rotatable bonds is 5. The number of hydrogen-bond acceptors (Lipinski definition) is 3. The van der Waals surface area contributed by atoms with E-state index in [1.807, 2.05) is 25.1 Å². The second kappa shape index (κ2) is 6.57. The monoisotopic (exact) mass is 285 g/mol. The smallest absolute Gasteiger partial charge is 0.0971 e. The summed E-state index contributed by atoms with van der Waals surface area (Å²) in [6.07, 6.45) is 0.531.